The minimum Gasteiger partial charge on any atom is -0.359 e. The molecule has 0 unspecified atom stereocenters. The van der Waals surface area contributed by atoms with Gasteiger partial charge in [-0.1, -0.05) is 13.8 Å². The normalized spacial score (nSPS) is 14.3. The number of alkyl halides is 3. The van der Waals surface area contributed by atoms with E-state index in [0.29, 0.717) is 11.0 Å². The van der Waals surface area contributed by atoms with Gasteiger partial charge in [-0.2, -0.15) is 13.2 Å². The van der Waals surface area contributed by atoms with Crippen LogP contribution in [0.25, 0.3) is 0 Å². The van der Waals surface area contributed by atoms with Gasteiger partial charge in [-0.25, -0.2) is 4.98 Å². The van der Waals surface area contributed by atoms with Crippen molar-refractivity contribution in [3.8, 4) is 0 Å². The Bertz CT molecular complexity index is 319. The predicted molar refractivity (Wildman–Crippen MR) is 55.0 cm³/mol. The van der Waals surface area contributed by atoms with Crippen LogP contribution < -0.4 is 5.32 Å². The van der Waals surface area contributed by atoms with Crippen LogP contribution in [-0.4, -0.2) is 11.0 Å². The number of hydrogen-bond donors (Lipinski definition) is 1. The van der Waals surface area contributed by atoms with E-state index in [9.17, 15) is 13.2 Å². The lowest BCUT2D eigenvalue weighted by Crippen LogP contribution is -2.21. The summed E-state index contributed by atoms with van der Waals surface area (Å²) in [5, 5.41) is 4.29. The summed E-state index contributed by atoms with van der Waals surface area (Å²) in [7, 11) is 0. The van der Waals surface area contributed by atoms with Gasteiger partial charge in [0.2, 0.25) is 0 Å². The van der Waals surface area contributed by atoms with E-state index in [1.807, 2.05) is 20.8 Å². The fourth-order valence-electron chi connectivity index (χ4n) is 0.832. The molecule has 15 heavy (non-hydrogen) atoms. The first-order chi connectivity index (χ1) is 6.80. The number of nitrogens with zero attached hydrogens (tertiary/aromatic N) is 1. The molecule has 1 aromatic rings. The molecule has 1 N–H and O–H groups in total. The highest BCUT2D eigenvalue weighted by molar-refractivity contribution is 7.13. The van der Waals surface area contributed by atoms with Crippen LogP contribution in [0.5, 0.6) is 0 Å². The zero-order chi connectivity index (χ0) is 11.6. The monoisotopic (exact) mass is 238 g/mol. The van der Waals surface area contributed by atoms with Gasteiger partial charge in [0, 0.05) is 11.4 Å². The van der Waals surface area contributed by atoms with Gasteiger partial charge < -0.3 is 5.32 Å². The zero-order valence-corrected chi connectivity index (χ0v) is 9.54. The Morgan fingerprint density at radius 3 is 2.33 bits per heavy atom. The molecule has 0 aliphatic carbocycles. The Balaban J connectivity index is 2.69. The Labute approximate surface area is 90.5 Å². The molecular weight excluding hydrogens is 225 g/mol. The average molecular weight is 238 g/mol. The molecule has 2 nitrogen and oxygen atoms in total. The van der Waals surface area contributed by atoms with Crippen molar-refractivity contribution in [2.45, 2.75) is 33.0 Å². The van der Waals surface area contributed by atoms with Crippen LogP contribution in [0.4, 0.5) is 18.3 Å². The fraction of sp³-hybridized carbons (Fsp3) is 0.667. The quantitative estimate of drug-likeness (QED) is 0.870. The van der Waals surface area contributed by atoms with E-state index in [-0.39, 0.29) is 6.04 Å². The summed E-state index contributed by atoms with van der Waals surface area (Å²) in [4.78, 5) is 3.49. The maximum atomic E-state index is 12.2. The van der Waals surface area contributed by atoms with E-state index in [1.54, 1.807) is 0 Å². The van der Waals surface area contributed by atoms with Crippen molar-refractivity contribution < 1.29 is 13.2 Å². The second-order valence-electron chi connectivity index (χ2n) is 3.71. The molecule has 1 rings (SSSR count). The first-order valence-corrected chi connectivity index (χ1v) is 5.48. The molecule has 86 valence electrons. The third-order valence-corrected chi connectivity index (χ3v) is 2.92. The first-order valence-electron chi connectivity index (χ1n) is 4.60. The van der Waals surface area contributed by atoms with Crippen molar-refractivity contribution in [2.75, 3.05) is 5.32 Å². The SMILES string of the molecule is CC(C)[C@H](C)Nc1nc(C(F)(F)F)cs1. The molecule has 0 fully saturated rings. The van der Waals surface area contributed by atoms with E-state index >= 15 is 0 Å². The highest BCUT2D eigenvalue weighted by Crippen LogP contribution is 2.31. The maximum Gasteiger partial charge on any atom is 0.434 e. The van der Waals surface area contributed by atoms with Crippen molar-refractivity contribution in [3.05, 3.63) is 11.1 Å². The lowest BCUT2D eigenvalue weighted by molar-refractivity contribution is -0.140. The smallest absolute Gasteiger partial charge is 0.359 e. The molecule has 0 spiro atoms. The summed E-state index contributed by atoms with van der Waals surface area (Å²) < 4.78 is 36.6. The van der Waals surface area contributed by atoms with Crippen LogP contribution in [0.1, 0.15) is 26.5 Å². The molecule has 1 aromatic heterocycles. The molecule has 0 bridgehead atoms. The van der Waals surface area contributed by atoms with Crippen molar-refractivity contribution in [1.82, 2.24) is 4.98 Å². The Morgan fingerprint density at radius 1 is 1.33 bits per heavy atom. The number of anilines is 1. The summed E-state index contributed by atoms with van der Waals surface area (Å²) in [5.74, 6) is 0.350. The number of nitrogens with one attached hydrogen (secondary N) is 1. The van der Waals surface area contributed by atoms with E-state index in [0.717, 1.165) is 16.7 Å². The van der Waals surface area contributed by atoms with Crippen LogP contribution >= 0.6 is 11.3 Å². The summed E-state index contributed by atoms with van der Waals surface area (Å²) in [6.07, 6.45) is -4.35. The predicted octanol–water partition coefficient (Wildman–Crippen LogP) is 3.62. The molecule has 6 heteroatoms. The second-order valence-corrected chi connectivity index (χ2v) is 4.57. The lowest BCUT2D eigenvalue weighted by Gasteiger charge is -2.16. The molecule has 0 aliphatic rings. The maximum absolute atomic E-state index is 12.2. The number of aromatic nitrogens is 1. The molecule has 0 saturated carbocycles. The van der Waals surface area contributed by atoms with Crippen LogP contribution in [0, 0.1) is 5.92 Å². The van der Waals surface area contributed by atoms with Gasteiger partial charge in [0.05, 0.1) is 0 Å². The Morgan fingerprint density at radius 2 is 1.93 bits per heavy atom. The standard InChI is InChI=1S/C9H13F3N2S/c1-5(2)6(3)13-8-14-7(4-15-8)9(10,11)12/h4-6H,1-3H3,(H,13,14)/t6-/m0/s1. The third-order valence-electron chi connectivity index (χ3n) is 2.15. The Kier molecular flexibility index (Phi) is 3.59. The van der Waals surface area contributed by atoms with Gasteiger partial charge in [0.1, 0.15) is 0 Å². The summed E-state index contributed by atoms with van der Waals surface area (Å²) in [6.45, 7) is 5.91. The average Bonchev–Trinajstić information content (AvgIpc) is 2.51. The summed E-state index contributed by atoms with van der Waals surface area (Å²) >= 11 is 0.980. The number of rotatable bonds is 3. The van der Waals surface area contributed by atoms with E-state index in [4.69, 9.17) is 0 Å². The Hall–Kier alpha value is -0.780. The molecule has 0 aliphatic heterocycles. The first kappa shape index (κ1) is 12.3. The number of halogens is 3. The van der Waals surface area contributed by atoms with Gasteiger partial charge in [-0.15, -0.1) is 11.3 Å². The van der Waals surface area contributed by atoms with E-state index in [1.165, 1.54) is 0 Å². The summed E-state index contributed by atoms with van der Waals surface area (Å²) in [5.41, 5.74) is -0.828. The van der Waals surface area contributed by atoms with Gasteiger partial charge in [0.15, 0.2) is 10.8 Å². The number of thiazole rings is 1. The zero-order valence-electron chi connectivity index (χ0n) is 8.72. The van der Waals surface area contributed by atoms with Crippen LogP contribution in [0.15, 0.2) is 5.38 Å². The van der Waals surface area contributed by atoms with E-state index in [2.05, 4.69) is 10.3 Å². The van der Waals surface area contributed by atoms with Crippen molar-refractivity contribution in [2.24, 2.45) is 5.92 Å². The molecule has 0 amide bonds. The second kappa shape index (κ2) is 4.38. The third kappa shape index (κ3) is 3.37. The minimum absolute atomic E-state index is 0.109. The topological polar surface area (TPSA) is 24.9 Å². The van der Waals surface area contributed by atoms with Gasteiger partial charge in [-0.3, -0.25) is 0 Å². The van der Waals surface area contributed by atoms with Crippen molar-refractivity contribution in [3.63, 3.8) is 0 Å². The lowest BCUT2D eigenvalue weighted by atomic mass is 10.1. The largest absolute Gasteiger partial charge is 0.434 e. The van der Waals surface area contributed by atoms with Gasteiger partial charge in [-0.05, 0) is 12.8 Å². The molecule has 0 radical (unpaired) electrons. The minimum atomic E-state index is -4.35. The van der Waals surface area contributed by atoms with Crippen LogP contribution in [-0.2, 0) is 6.18 Å². The molecule has 0 aromatic carbocycles. The molecule has 0 saturated heterocycles. The van der Waals surface area contributed by atoms with Crippen molar-refractivity contribution in [1.29, 1.82) is 0 Å². The molecular formula is C9H13F3N2S. The van der Waals surface area contributed by atoms with Crippen LogP contribution in [0.2, 0.25) is 0 Å². The van der Waals surface area contributed by atoms with Crippen LogP contribution in [0.3, 0.4) is 0 Å². The summed E-state index contributed by atoms with van der Waals surface area (Å²) in [6, 6.07) is 0.109. The highest BCUT2D eigenvalue weighted by Gasteiger charge is 2.33. The molecule has 1 heterocycles. The molecule has 1 atom stereocenters. The number of hydrogen-bond acceptors (Lipinski definition) is 3. The fourth-order valence-corrected chi connectivity index (χ4v) is 1.65. The highest BCUT2D eigenvalue weighted by atomic mass is 32.1. The van der Waals surface area contributed by atoms with Gasteiger partial charge >= 0.3 is 6.18 Å². The van der Waals surface area contributed by atoms with Gasteiger partial charge in [0.25, 0.3) is 0 Å². The van der Waals surface area contributed by atoms with E-state index < -0.39 is 11.9 Å². The van der Waals surface area contributed by atoms with Crippen molar-refractivity contribution >= 4 is 16.5 Å².